The molecule has 0 bridgehead atoms. The lowest BCUT2D eigenvalue weighted by Crippen LogP contribution is -2.46. The Morgan fingerprint density at radius 1 is 1.17 bits per heavy atom. The fourth-order valence-corrected chi connectivity index (χ4v) is 3.34. The molecule has 0 aromatic carbocycles. The summed E-state index contributed by atoms with van der Waals surface area (Å²) in [7, 11) is 0. The number of rotatable bonds is 5. The number of amides is 1. The van der Waals surface area contributed by atoms with Crippen molar-refractivity contribution in [3.8, 4) is 0 Å². The van der Waals surface area contributed by atoms with Crippen LogP contribution in [0, 0.1) is 11.8 Å². The van der Waals surface area contributed by atoms with Gasteiger partial charge in [0, 0.05) is 6.04 Å². The molecule has 1 amide bonds. The van der Waals surface area contributed by atoms with Gasteiger partial charge in [0.1, 0.15) is 0 Å². The minimum atomic E-state index is -0.0431. The Hall–Kier alpha value is -0.570. The van der Waals surface area contributed by atoms with Crippen LogP contribution < -0.4 is 10.6 Å². The van der Waals surface area contributed by atoms with Crippen molar-refractivity contribution in [2.24, 2.45) is 11.8 Å². The van der Waals surface area contributed by atoms with Crippen molar-refractivity contribution < 1.29 is 4.79 Å². The molecule has 3 heteroatoms. The van der Waals surface area contributed by atoms with Gasteiger partial charge in [-0.15, -0.1) is 0 Å². The zero-order valence-corrected chi connectivity index (χ0v) is 11.9. The van der Waals surface area contributed by atoms with E-state index in [-0.39, 0.29) is 11.9 Å². The average molecular weight is 252 g/mol. The van der Waals surface area contributed by atoms with Crippen LogP contribution in [0.3, 0.4) is 0 Å². The first-order chi connectivity index (χ1) is 8.66. The molecule has 0 radical (unpaired) electrons. The molecule has 3 unspecified atom stereocenters. The van der Waals surface area contributed by atoms with Gasteiger partial charge in [-0.3, -0.25) is 4.79 Å². The Bertz CT molecular complexity index is 274. The Kier molecular flexibility index (Phi) is 5.04. The van der Waals surface area contributed by atoms with Crippen LogP contribution in [0.5, 0.6) is 0 Å². The Morgan fingerprint density at radius 3 is 2.50 bits per heavy atom. The molecule has 0 aromatic heterocycles. The molecule has 2 fully saturated rings. The third-order valence-corrected chi connectivity index (χ3v) is 4.82. The van der Waals surface area contributed by atoms with Gasteiger partial charge >= 0.3 is 0 Å². The normalized spacial score (nSPS) is 30.6. The van der Waals surface area contributed by atoms with Crippen LogP contribution in [0.2, 0.25) is 0 Å². The van der Waals surface area contributed by atoms with Crippen LogP contribution in [0.15, 0.2) is 0 Å². The molecule has 2 rings (SSSR count). The Morgan fingerprint density at radius 2 is 1.89 bits per heavy atom. The highest BCUT2D eigenvalue weighted by Crippen LogP contribution is 2.30. The van der Waals surface area contributed by atoms with Crippen LogP contribution >= 0.6 is 0 Å². The molecule has 0 saturated heterocycles. The van der Waals surface area contributed by atoms with E-state index in [0.717, 1.165) is 31.2 Å². The van der Waals surface area contributed by atoms with E-state index in [1.165, 1.54) is 32.1 Å². The summed E-state index contributed by atoms with van der Waals surface area (Å²) < 4.78 is 0. The summed E-state index contributed by atoms with van der Waals surface area (Å²) in [4.78, 5) is 12.0. The third-order valence-electron chi connectivity index (χ3n) is 4.82. The molecule has 18 heavy (non-hydrogen) atoms. The van der Waals surface area contributed by atoms with E-state index >= 15 is 0 Å². The van der Waals surface area contributed by atoms with Crippen LogP contribution in [-0.2, 0) is 4.79 Å². The topological polar surface area (TPSA) is 41.1 Å². The summed E-state index contributed by atoms with van der Waals surface area (Å²) in [5.74, 6) is 1.78. The molecule has 104 valence electrons. The van der Waals surface area contributed by atoms with Crippen molar-refractivity contribution in [2.75, 3.05) is 6.54 Å². The predicted octanol–water partition coefficient (Wildman–Crippen LogP) is 2.46. The first kappa shape index (κ1) is 13.9. The SMILES string of the molecule is CC(NCC1CCCC1C)C(=O)NC1CCCC1. The largest absolute Gasteiger partial charge is 0.352 e. The van der Waals surface area contributed by atoms with Crippen LogP contribution in [0.4, 0.5) is 0 Å². The number of nitrogens with one attached hydrogen (secondary N) is 2. The average Bonchev–Trinajstić information content (AvgIpc) is 2.98. The quantitative estimate of drug-likeness (QED) is 0.789. The zero-order chi connectivity index (χ0) is 13.0. The maximum atomic E-state index is 12.0. The molecule has 2 aliphatic rings. The standard InChI is InChI=1S/C15H28N2O/c1-11-6-5-7-13(11)10-16-12(2)15(18)17-14-8-3-4-9-14/h11-14,16H,3-10H2,1-2H3,(H,17,18). The van der Waals surface area contributed by atoms with E-state index in [9.17, 15) is 4.79 Å². The minimum absolute atomic E-state index is 0.0431. The lowest BCUT2D eigenvalue weighted by molar-refractivity contribution is -0.123. The Balaban J connectivity index is 1.66. The van der Waals surface area contributed by atoms with Crippen molar-refractivity contribution in [1.82, 2.24) is 10.6 Å². The minimum Gasteiger partial charge on any atom is -0.352 e. The second kappa shape index (κ2) is 6.55. The van der Waals surface area contributed by atoms with Crippen LogP contribution in [0.1, 0.15) is 58.8 Å². The fourth-order valence-electron chi connectivity index (χ4n) is 3.34. The van der Waals surface area contributed by atoms with Gasteiger partial charge in [0.2, 0.25) is 5.91 Å². The van der Waals surface area contributed by atoms with Gasteiger partial charge in [0.05, 0.1) is 6.04 Å². The fraction of sp³-hybridized carbons (Fsp3) is 0.933. The third kappa shape index (κ3) is 3.71. The van der Waals surface area contributed by atoms with Crippen LogP contribution in [0.25, 0.3) is 0 Å². The van der Waals surface area contributed by atoms with E-state index in [1.807, 2.05) is 6.92 Å². The molecular formula is C15H28N2O. The lowest BCUT2D eigenvalue weighted by atomic mass is 9.98. The van der Waals surface area contributed by atoms with Gasteiger partial charge in [-0.1, -0.05) is 32.6 Å². The summed E-state index contributed by atoms with van der Waals surface area (Å²) in [6, 6.07) is 0.394. The summed E-state index contributed by atoms with van der Waals surface area (Å²) in [5, 5.41) is 6.58. The number of carbonyl (C=O) groups is 1. The highest BCUT2D eigenvalue weighted by atomic mass is 16.2. The number of hydrogen-bond acceptors (Lipinski definition) is 2. The molecule has 0 aliphatic heterocycles. The van der Waals surface area contributed by atoms with Gasteiger partial charge in [-0.25, -0.2) is 0 Å². The van der Waals surface area contributed by atoms with Gasteiger partial charge in [0.25, 0.3) is 0 Å². The number of hydrogen-bond donors (Lipinski definition) is 2. The molecule has 2 saturated carbocycles. The van der Waals surface area contributed by atoms with E-state index in [1.54, 1.807) is 0 Å². The molecule has 2 aliphatic carbocycles. The van der Waals surface area contributed by atoms with Crippen molar-refractivity contribution in [1.29, 1.82) is 0 Å². The van der Waals surface area contributed by atoms with E-state index < -0.39 is 0 Å². The molecule has 0 heterocycles. The van der Waals surface area contributed by atoms with E-state index in [4.69, 9.17) is 0 Å². The molecular weight excluding hydrogens is 224 g/mol. The molecule has 3 atom stereocenters. The smallest absolute Gasteiger partial charge is 0.237 e. The van der Waals surface area contributed by atoms with E-state index in [0.29, 0.717) is 6.04 Å². The highest BCUT2D eigenvalue weighted by Gasteiger charge is 2.25. The summed E-state index contributed by atoms with van der Waals surface area (Å²) in [6.45, 7) is 5.33. The molecule has 0 spiro atoms. The summed E-state index contributed by atoms with van der Waals surface area (Å²) in [6.07, 6.45) is 8.91. The Labute approximate surface area is 111 Å². The molecule has 0 aromatic rings. The van der Waals surface area contributed by atoms with Gasteiger partial charge in [-0.05, 0) is 44.6 Å². The predicted molar refractivity (Wildman–Crippen MR) is 74.4 cm³/mol. The van der Waals surface area contributed by atoms with Gasteiger partial charge < -0.3 is 10.6 Å². The summed E-state index contributed by atoms with van der Waals surface area (Å²) in [5.41, 5.74) is 0. The van der Waals surface area contributed by atoms with Gasteiger partial charge in [-0.2, -0.15) is 0 Å². The first-order valence-electron chi connectivity index (χ1n) is 7.70. The lowest BCUT2D eigenvalue weighted by Gasteiger charge is -2.21. The summed E-state index contributed by atoms with van der Waals surface area (Å²) >= 11 is 0. The van der Waals surface area contributed by atoms with Crippen molar-refractivity contribution in [2.45, 2.75) is 70.9 Å². The molecule has 3 nitrogen and oxygen atoms in total. The monoisotopic (exact) mass is 252 g/mol. The van der Waals surface area contributed by atoms with Crippen molar-refractivity contribution in [3.05, 3.63) is 0 Å². The maximum Gasteiger partial charge on any atom is 0.237 e. The first-order valence-corrected chi connectivity index (χ1v) is 7.70. The maximum absolute atomic E-state index is 12.0. The second-order valence-electron chi connectivity index (χ2n) is 6.29. The van der Waals surface area contributed by atoms with Crippen molar-refractivity contribution in [3.63, 3.8) is 0 Å². The van der Waals surface area contributed by atoms with Gasteiger partial charge in [0.15, 0.2) is 0 Å². The zero-order valence-electron chi connectivity index (χ0n) is 11.9. The highest BCUT2D eigenvalue weighted by molar-refractivity contribution is 5.81. The van der Waals surface area contributed by atoms with E-state index in [2.05, 4.69) is 17.6 Å². The molecule has 2 N–H and O–H groups in total. The second-order valence-corrected chi connectivity index (χ2v) is 6.29. The van der Waals surface area contributed by atoms with Crippen molar-refractivity contribution >= 4 is 5.91 Å². The number of carbonyl (C=O) groups excluding carboxylic acids is 1. The van der Waals surface area contributed by atoms with Crippen LogP contribution in [-0.4, -0.2) is 24.5 Å².